The van der Waals surface area contributed by atoms with Crippen LogP contribution >= 0.6 is 0 Å². The van der Waals surface area contributed by atoms with Gasteiger partial charge in [-0.25, -0.2) is 4.39 Å². The Labute approximate surface area is 112 Å². The minimum Gasteiger partial charge on any atom is -0.246 e. The van der Waals surface area contributed by atoms with Crippen molar-refractivity contribution >= 4 is 21.5 Å². The summed E-state index contributed by atoms with van der Waals surface area (Å²) in [4.78, 5) is 0. The zero-order valence-corrected chi connectivity index (χ0v) is 10.3. The molecule has 0 spiro atoms. The van der Waals surface area contributed by atoms with Gasteiger partial charge < -0.3 is 0 Å². The molecule has 0 amide bonds. The molecule has 0 nitrogen and oxygen atoms in total. The van der Waals surface area contributed by atoms with Crippen LogP contribution in [0.2, 0.25) is 0 Å². The number of rotatable bonds is 1. The molecule has 102 valence electrons. The van der Waals surface area contributed by atoms with Gasteiger partial charge in [0.15, 0.2) is 0 Å². The van der Waals surface area contributed by atoms with E-state index in [9.17, 15) is 17.6 Å². The normalized spacial score (nSPS) is 12.2. The van der Waals surface area contributed by atoms with Gasteiger partial charge in [0.1, 0.15) is 6.67 Å². The first-order chi connectivity index (χ1) is 9.54. The Kier molecular flexibility index (Phi) is 2.89. The second-order valence-electron chi connectivity index (χ2n) is 4.58. The van der Waals surface area contributed by atoms with Gasteiger partial charge in [-0.3, -0.25) is 0 Å². The van der Waals surface area contributed by atoms with Gasteiger partial charge in [-0.15, -0.1) is 0 Å². The Morgan fingerprint density at radius 2 is 1.10 bits per heavy atom. The van der Waals surface area contributed by atoms with Crippen molar-refractivity contribution in [2.24, 2.45) is 0 Å². The monoisotopic (exact) mass is 278 g/mol. The van der Waals surface area contributed by atoms with Crippen LogP contribution in [0.4, 0.5) is 17.6 Å². The lowest BCUT2D eigenvalue weighted by Crippen LogP contribution is -2.08. The molecule has 0 bridgehead atoms. The number of hydrogen-bond acceptors (Lipinski definition) is 0. The lowest BCUT2D eigenvalue weighted by atomic mass is 9.92. The maximum atomic E-state index is 13.4. The van der Waals surface area contributed by atoms with Crippen LogP contribution in [0.1, 0.15) is 11.1 Å². The Hall–Kier alpha value is -2.10. The molecular weight excluding hydrogens is 268 g/mol. The topological polar surface area (TPSA) is 0 Å². The van der Waals surface area contributed by atoms with E-state index in [1.165, 1.54) is 36.4 Å². The summed E-state index contributed by atoms with van der Waals surface area (Å²) >= 11 is 0. The minimum atomic E-state index is -4.48. The van der Waals surface area contributed by atoms with Crippen LogP contribution in [-0.4, -0.2) is 0 Å². The van der Waals surface area contributed by atoms with Crippen molar-refractivity contribution in [3.05, 3.63) is 59.7 Å². The van der Waals surface area contributed by atoms with Crippen molar-refractivity contribution in [1.82, 2.24) is 0 Å². The molecule has 0 heterocycles. The highest BCUT2D eigenvalue weighted by Crippen LogP contribution is 2.42. The average molecular weight is 278 g/mol. The molecule has 3 aromatic rings. The summed E-state index contributed by atoms with van der Waals surface area (Å²) in [5, 5.41) is 0.736. The van der Waals surface area contributed by atoms with Crippen molar-refractivity contribution < 1.29 is 17.6 Å². The molecule has 4 heteroatoms. The third kappa shape index (κ3) is 1.83. The predicted molar refractivity (Wildman–Crippen MR) is 71.3 cm³/mol. The van der Waals surface area contributed by atoms with E-state index in [0.717, 1.165) is 0 Å². The number of hydrogen-bond donors (Lipinski definition) is 0. The fourth-order valence-electron chi connectivity index (χ4n) is 2.67. The second-order valence-corrected chi connectivity index (χ2v) is 4.58. The molecule has 0 atom stereocenters. The van der Waals surface area contributed by atoms with Gasteiger partial charge in [-0.2, -0.15) is 13.2 Å². The van der Waals surface area contributed by atoms with Gasteiger partial charge in [0.2, 0.25) is 0 Å². The number of halogens is 4. The van der Waals surface area contributed by atoms with Crippen molar-refractivity contribution in [2.45, 2.75) is 12.9 Å². The van der Waals surface area contributed by atoms with Crippen molar-refractivity contribution in [3.8, 4) is 0 Å². The van der Waals surface area contributed by atoms with Crippen molar-refractivity contribution in [1.29, 1.82) is 0 Å². The summed E-state index contributed by atoms with van der Waals surface area (Å²) < 4.78 is 53.5. The molecule has 3 aromatic carbocycles. The van der Waals surface area contributed by atoms with E-state index in [1.807, 2.05) is 0 Å². The first kappa shape index (κ1) is 12.9. The van der Waals surface area contributed by atoms with E-state index < -0.39 is 18.4 Å². The third-order valence-corrected chi connectivity index (χ3v) is 3.46. The highest BCUT2D eigenvalue weighted by atomic mass is 19.4. The van der Waals surface area contributed by atoms with E-state index in [4.69, 9.17) is 0 Å². The molecule has 0 aliphatic rings. The Balaban J connectivity index is 2.63. The SMILES string of the molecule is FCc1c2ccccc2c(C(F)(F)F)c2ccccc12. The fraction of sp³-hybridized carbons (Fsp3) is 0.125. The fourth-order valence-corrected chi connectivity index (χ4v) is 2.67. The Morgan fingerprint density at radius 1 is 0.700 bits per heavy atom. The minimum absolute atomic E-state index is 0.0475. The standard InChI is InChI=1S/C16H10F4/c17-9-14-10-5-1-3-7-12(10)15(16(18,19)20)13-8-4-2-6-11(13)14/h1-8H,9H2. The molecule has 0 saturated carbocycles. The van der Waals surface area contributed by atoms with Crippen molar-refractivity contribution in [3.63, 3.8) is 0 Å². The molecule has 0 aliphatic carbocycles. The summed E-state index contributed by atoms with van der Waals surface area (Å²) in [5.41, 5.74) is -0.384. The summed E-state index contributed by atoms with van der Waals surface area (Å²) in [5.74, 6) is 0. The molecule has 0 unspecified atom stereocenters. The van der Waals surface area contributed by atoms with Crippen LogP contribution in [0, 0.1) is 0 Å². The number of alkyl halides is 4. The predicted octanol–water partition coefficient (Wildman–Crippen LogP) is 5.48. The summed E-state index contributed by atoms with van der Waals surface area (Å²) in [6.07, 6.45) is -4.48. The van der Waals surface area contributed by atoms with Gasteiger partial charge in [-0.1, -0.05) is 48.5 Å². The maximum Gasteiger partial charge on any atom is 0.417 e. The van der Waals surface area contributed by atoms with Gasteiger partial charge >= 0.3 is 6.18 Å². The smallest absolute Gasteiger partial charge is 0.246 e. The van der Waals surface area contributed by atoms with E-state index in [-0.39, 0.29) is 10.8 Å². The lowest BCUT2D eigenvalue weighted by molar-refractivity contribution is -0.135. The third-order valence-electron chi connectivity index (χ3n) is 3.46. The summed E-state index contributed by atoms with van der Waals surface area (Å²) in [6, 6.07) is 12.2. The Morgan fingerprint density at radius 3 is 1.45 bits per heavy atom. The van der Waals surface area contributed by atoms with Crippen LogP contribution in [-0.2, 0) is 12.9 Å². The van der Waals surface area contributed by atoms with Crippen LogP contribution in [0.3, 0.4) is 0 Å². The van der Waals surface area contributed by atoms with Crippen molar-refractivity contribution in [2.75, 3.05) is 0 Å². The molecule has 0 N–H and O–H groups in total. The molecule has 0 radical (unpaired) electrons. The highest BCUT2D eigenvalue weighted by molar-refractivity contribution is 6.06. The zero-order chi connectivity index (χ0) is 14.3. The van der Waals surface area contributed by atoms with Crippen LogP contribution in [0.25, 0.3) is 21.5 Å². The van der Waals surface area contributed by atoms with E-state index >= 15 is 0 Å². The zero-order valence-electron chi connectivity index (χ0n) is 10.3. The molecular formula is C16H10F4. The number of benzene rings is 3. The van der Waals surface area contributed by atoms with Gasteiger partial charge in [0.25, 0.3) is 0 Å². The van der Waals surface area contributed by atoms with Crippen LogP contribution in [0.5, 0.6) is 0 Å². The molecule has 0 aliphatic heterocycles. The molecule has 0 saturated heterocycles. The molecule has 3 rings (SSSR count). The van der Waals surface area contributed by atoms with E-state index in [1.54, 1.807) is 12.1 Å². The molecule has 0 fully saturated rings. The summed E-state index contributed by atoms with van der Waals surface area (Å²) in [7, 11) is 0. The van der Waals surface area contributed by atoms with E-state index in [2.05, 4.69) is 0 Å². The van der Waals surface area contributed by atoms with Crippen LogP contribution in [0.15, 0.2) is 48.5 Å². The van der Waals surface area contributed by atoms with E-state index in [0.29, 0.717) is 16.3 Å². The van der Waals surface area contributed by atoms with Crippen LogP contribution < -0.4 is 0 Å². The largest absolute Gasteiger partial charge is 0.417 e. The van der Waals surface area contributed by atoms with Gasteiger partial charge in [0.05, 0.1) is 5.56 Å². The second kappa shape index (κ2) is 4.47. The average Bonchev–Trinajstić information content (AvgIpc) is 2.43. The number of fused-ring (bicyclic) bond motifs is 2. The summed E-state index contributed by atoms with van der Waals surface area (Å²) in [6.45, 7) is -0.792. The maximum absolute atomic E-state index is 13.4. The quantitative estimate of drug-likeness (QED) is 0.408. The van der Waals surface area contributed by atoms with Gasteiger partial charge in [0, 0.05) is 0 Å². The Bertz CT molecular complexity index is 730. The molecule has 0 aromatic heterocycles. The lowest BCUT2D eigenvalue weighted by Gasteiger charge is -2.17. The van der Waals surface area contributed by atoms with Gasteiger partial charge in [-0.05, 0) is 27.1 Å². The first-order valence-electron chi connectivity index (χ1n) is 6.09. The highest BCUT2D eigenvalue weighted by Gasteiger charge is 2.35. The first-order valence-corrected chi connectivity index (χ1v) is 6.09. The molecule has 20 heavy (non-hydrogen) atoms.